The number of benzene rings is 2. The number of hydrogen-bond donors (Lipinski definition) is 2. The van der Waals surface area contributed by atoms with E-state index in [9.17, 15) is 19.2 Å². The van der Waals surface area contributed by atoms with Crippen molar-refractivity contribution < 1.29 is 23.9 Å². The molecule has 4 aliphatic rings. The highest BCUT2D eigenvalue weighted by molar-refractivity contribution is 6.22. The van der Waals surface area contributed by atoms with Crippen LogP contribution in [-0.4, -0.2) is 85.0 Å². The molecule has 0 aliphatic carbocycles. The minimum absolute atomic E-state index is 0.247. The van der Waals surface area contributed by atoms with Crippen LogP contribution in [0.2, 0.25) is 0 Å². The second-order valence-electron chi connectivity index (χ2n) is 11.2. The van der Waals surface area contributed by atoms with Crippen LogP contribution >= 0.6 is 0 Å². The monoisotopic (exact) mass is 560 g/mol. The van der Waals surface area contributed by atoms with Gasteiger partial charge in [-0.2, -0.15) is 0 Å². The van der Waals surface area contributed by atoms with Gasteiger partial charge in [0.2, 0.25) is 0 Å². The second kappa shape index (κ2) is 11.9. The van der Waals surface area contributed by atoms with Gasteiger partial charge < -0.3 is 25.2 Å². The number of rotatable bonds is 8. The largest absolute Gasteiger partial charge is 0.457 e. The normalized spacial score (nSPS) is 24.1. The maximum absolute atomic E-state index is 13.0. The summed E-state index contributed by atoms with van der Waals surface area (Å²) in [5.74, 6) is 0.553. The molecule has 4 fully saturated rings. The average molecular weight is 561 g/mol. The van der Waals surface area contributed by atoms with Crippen LogP contribution in [0.15, 0.2) is 48.5 Å². The van der Waals surface area contributed by atoms with Gasteiger partial charge in [0.15, 0.2) is 0 Å². The third-order valence-corrected chi connectivity index (χ3v) is 8.24. The SMILES string of the molecule is O=C1NC(CN2CCCCC2)C(=O)N1c1ccc(Oc2ccc(N3C(=O)NC(CN4CCCCC4)C3=O)cc2)cc1. The van der Waals surface area contributed by atoms with E-state index in [1.807, 2.05) is 0 Å². The van der Waals surface area contributed by atoms with E-state index in [-0.39, 0.29) is 11.8 Å². The molecule has 0 bridgehead atoms. The topological polar surface area (TPSA) is 115 Å². The van der Waals surface area contributed by atoms with E-state index < -0.39 is 24.1 Å². The van der Waals surface area contributed by atoms with E-state index in [2.05, 4.69) is 20.4 Å². The smallest absolute Gasteiger partial charge is 0.329 e. The number of urea groups is 2. The first-order chi connectivity index (χ1) is 20.0. The summed E-state index contributed by atoms with van der Waals surface area (Å²) >= 11 is 0. The van der Waals surface area contributed by atoms with E-state index in [1.165, 1.54) is 22.6 Å². The summed E-state index contributed by atoms with van der Waals surface area (Å²) < 4.78 is 5.94. The molecule has 0 spiro atoms. The lowest BCUT2D eigenvalue weighted by Gasteiger charge is -2.28. The quantitative estimate of drug-likeness (QED) is 0.476. The average Bonchev–Trinajstić information content (AvgIpc) is 3.43. The van der Waals surface area contributed by atoms with Crippen molar-refractivity contribution in [3.05, 3.63) is 48.5 Å². The molecule has 0 saturated carbocycles. The van der Waals surface area contributed by atoms with Crippen molar-refractivity contribution >= 4 is 35.3 Å². The third-order valence-electron chi connectivity index (χ3n) is 8.24. The molecule has 4 heterocycles. The second-order valence-corrected chi connectivity index (χ2v) is 11.2. The van der Waals surface area contributed by atoms with Gasteiger partial charge in [-0.05, 0) is 100 Å². The number of carbonyl (C=O) groups is 4. The van der Waals surface area contributed by atoms with Crippen LogP contribution in [0.4, 0.5) is 21.0 Å². The van der Waals surface area contributed by atoms with Crippen molar-refractivity contribution in [1.29, 1.82) is 0 Å². The minimum atomic E-state index is -0.542. The summed E-state index contributed by atoms with van der Waals surface area (Å²) in [6, 6.07) is 11.6. The standard InChI is InChI=1S/C30H36N6O5/c37-27-25(19-33-15-3-1-4-16-33)31-29(39)35(27)21-7-11-23(12-8-21)41-24-13-9-22(10-14-24)36-28(38)26(32-30(36)40)20-34-17-5-2-6-18-34/h7-14,25-26H,1-6,15-20H2,(H,31,39)(H,32,40). The van der Waals surface area contributed by atoms with Gasteiger partial charge >= 0.3 is 12.1 Å². The fourth-order valence-corrected chi connectivity index (χ4v) is 6.06. The van der Waals surface area contributed by atoms with Crippen molar-refractivity contribution in [3.63, 3.8) is 0 Å². The number of imide groups is 2. The molecule has 41 heavy (non-hydrogen) atoms. The Kier molecular flexibility index (Phi) is 7.89. The van der Waals surface area contributed by atoms with Gasteiger partial charge in [0.1, 0.15) is 23.6 Å². The first-order valence-electron chi connectivity index (χ1n) is 14.6. The Morgan fingerprint density at radius 1 is 0.561 bits per heavy atom. The van der Waals surface area contributed by atoms with Crippen LogP contribution in [0, 0.1) is 0 Å². The van der Waals surface area contributed by atoms with Crippen LogP contribution in [0.3, 0.4) is 0 Å². The van der Waals surface area contributed by atoms with E-state index in [4.69, 9.17) is 4.74 Å². The van der Waals surface area contributed by atoms with Crippen molar-refractivity contribution in [2.75, 3.05) is 49.1 Å². The Hall–Kier alpha value is -3.96. The molecule has 2 unspecified atom stereocenters. The summed E-state index contributed by atoms with van der Waals surface area (Å²) in [6.45, 7) is 4.87. The van der Waals surface area contributed by atoms with Gasteiger partial charge in [-0.15, -0.1) is 0 Å². The van der Waals surface area contributed by atoms with Crippen molar-refractivity contribution in [3.8, 4) is 11.5 Å². The Labute approximate surface area is 239 Å². The van der Waals surface area contributed by atoms with Gasteiger partial charge in [-0.25, -0.2) is 19.4 Å². The summed E-state index contributed by atoms with van der Waals surface area (Å²) in [4.78, 5) is 58.0. The molecule has 2 aromatic carbocycles. The zero-order valence-corrected chi connectivity index (χ0v) is 23.1. The summed E-state index contributed by atoms with van der Waals surface area (Å²) in [6.07, 6.45) is 6.89. The van der Waals surface area contributed by atoms with Gasteiger partial charge in [-0.3, -0.25) is 9.59 Å². The van der Waals surface area contributed by atoms with Crippen molar-refractivity contribution in [1.82, 2.24) is 20.4 Å². The zero-order chi connectivity index (χ0) is 28.3. The van der Waals surface area contributed by atoms with E-state index >= 15 is 0 Å². The Balaban J connectivity index is 1.05. The van der Waals surface area contributed by atoms with Gasteiger partial charge in [0.05, 0.1) is 11.4 Å². The van der Waals surface area contributed by atoms with E-state index in [0.29, 0.717) is 36.0 Å². The Bertz CT molecular complexity index is 1190. The summed E-state index contributed by atoms with van der Waals surface area (Å²) in [7, 11) is 0. The van der Waals surface area contributed by atoms with E-state index in [1.54, 1.807) is 48.5 Å². The number of piperidine rings is 2. The number of anilines is 2. The van der Waals surface area contributed by atoms with Crippen LogP contribution < -0.4 is 25.2 Å². The number of ether oxygens (including phenoxy) is 1. The summed E-state index contributed by atoms with van der Waals surface area (Å²) in [5.41, 5.74) is 0.961. The molecule has 2 atom stereocenters. The molecular weight excluding hydrogens is 524 g/mol. The molecule has 0 radical (unpaired) electrons. The lowest BCUT2D eigenvalue weighted by atomic mass is 10.1. The lowest BCUT2D eigenvalue weighted by Crippen LogP contribution is -2.44. The van der Waals surface area contributed by atoms with Gasteiger partial charge in [0.25, 0.3) is 11.8 Å². The number of nitrogens with one attached hydrogen (secondary N) is 2. The molecule has 2 aromatic rings. The fourth-order valence-electron chi connectivity index (χ4n) is 6.06. The molecule has 0 aromatic heterocycles. The highest BCUT2D eigenvalue weighted by Crippen LogP contribution is 2.29. The van der Waals surface area contributed by atoms with Gasteiger partial charge in [-0.1, -0.05) is 12.8 Å². The Morgan fingerprint density at radius 2 is 0.927 bits per heavy atom. The van der Waals surface area contributed by atoms with Crippen LogP contribution in [0.5, 0.6) is 11.5 Å². The first kappa shape index (κ1) is 27.2. The predicted molar refractivity (Wildman–Crippen MR) is 153 cm³/mol. The molecule has 4 saturated heterocycles. The molecule has 216 valence electrons. The van der Waals surface area contributed by atoms with Crippen molar-refractivity contribution in [2.24, 2.45) is 0 Å². The molecule has 11 nitrogen and oxygen atoms in total. The molecule has 6 rings (SSSR count). The van der Waals surface area contributed by atoms with Gasteiger partial charge in [0, 0.05) is 13.1 Å². The zero-order valence-electron chi connectivity index (χ0n) is 23.1. The highest BCUT2D eigenvalue weighted by Gasteiger charge is 2.41. The Morgan fingerprint density at radius 3 is 1.29 bits per heavy atom. The molecule has 2 N–H and O–H groups in total. The third kappa shape index (κ3) is 5.91. The molecule has 4 aliphatic heterocycles. The highest BCUT2D eigenvalue weighted by atomic mass is 16.5. The van der Waals surface area contributed by atoms with Crippen molar-refractivity contribution in [2.45, 2.75) is 50.6 Å². The number of nitrogens with zero attached hydrogens (tertiary/aromatic N) is 4. The lowest BCUT2D eigenvalue weighted by molar-refractivity contribution is -0.119. The first-order valence-corrected chi connectivity index (χ1v) is 14.6. The number of hydrogen-bond acceptors (Lipinski definition) is 7. The maximum Gasteiger partial charge on any atom is 0.329 e. The van der Waals surface area contributed by atoms with Crippen LogP contribution in [-0.2, 0) is 9.59 Å². The maximum atomic E-state index is 13.0. The summed E-state index contributed by atoms with van der Waals surface area (Å²) in [5, 5.41) is 5.63. The number of amides is 6. The minimum Gasteiger partial charge on any atom is -0.457 e. The number of likely N-dealkylation sites (tertiary alicyclic amines) is 2. The van der Waals surface area contributed by atoms with Crippen LogP contribution in [0.25, 0.3) is 0 Å². The molecule has 6 amide bonds. The number of carbonyl (C=O) groups excluding carboxylic acids is 4. The molecular formula is C30H36N6O5. The van der Waals surface area contributed by atoms with E-state index in [0.717, 1.165) is 51.9 Å². The fraction of sp³-hybridized carbons (Fsp3) is 0.467. The molecule has 11 heteroatoms. The van der Waals surface area contributed by atoms with Crippen LogP contribution in [0.1, 0.15) is 38.5 Å². The predicted octanol–water partition coefficient (Wildman–Crippen LogP) is 3.30.